The summed E-state index contributed by atoms with van der Waals surface area (Å²) >= 11 is 0. The highest BCUT2D eigenvalue weighted by Crippen LogP contribution is 2.40. The number of aromatic nitrogens is 4. The van der Waals surface area contributed by atoms with Crippen LogP contribution in [0.4, 0.5) is 0 Å². The van der Waals surface area contributed by atoms with Crippen LogP contribution in [0.2, 0.25) is 0 Å². The highest BCUT2D eigenvalue weighted by molar-refractivity contribution is 5.76. The van der Waals surface area contributed by atoms with Gasteiger partial charge in [0.05, 0.1) is 6.04 Å². The van der Waals surface area contributed by atoms with Gasteiger partial charge in [0, 0.05) is 37.9 Å². The fourth-order valence-electron chi connectivity index (χ4n) is 4.29. The normalized spacial score (nSPS) is 21.7. The molecule has 1 saturated carbocycles. The molecule has 128 valence electrons. The summed E-state index contributed by atoms with van der Waals surface area (Å²) in [4.78, 5) is 24.1. The Morgan fingerprint density at radius 3 is 2.67 bits per heavy atom. The average molecular weight is 327 g/mol. The molecule has 0 spiro atoms. The maximum Gasteiger partial charge on any atom is 0.243 e. The van der Waals surface area contributed by atoms with Gasteiger partial charge < -0.3 is 14.0 Å². The number of hydrogen-bond acceptors (Lipinski definition) is 3. The van der Waals surface area contributed by atoms with E-state index in [-0.39, 0.29) is 11.9 Å². The first-order valence-electron chi connectivity index (χ1n) is 9.02. The Balaban J connectivity index is 1.64. The molecule has 1 aliphatic carbocycles. The van der Waals surface area contributed by atoms with Crippen molar-refractivity contribution >= 4 is 5.91 Å². The molecule has 0 aromatic carbocycles. The van der Waals surface area contributed by atoms with E-state index in [2.05, 4.69) is 25.6 Å². The molecule has 1 aliphatic heterocycles. The molecule has 0 N–H and O–H groups in total. The first-order chi connectivity index (χ1) is 11.7. The molecule has 2 aromatic rings. The van der Waals surface area contributed by atoms with Crippen molar-refractivity contribution in [1.82, 2.24) is 24.0 Å². The monoisotopic (exact) mass is 327 g/mol. The van der Waals surface area contributed by atoms with Gasteiger partial charge in [-0.3, -0.25) is 4.79 Å². The zero-order valence-corrected chi connectivity index (χ0v) is 14.3. The molecular formula is C18H25N5O. The van der Waals surface area contributed by atoms with Crippen LogP contribution in [0.15, 0.2) is 24.8 Å². The molecule has 6 nitrogen and oxygen atoms in total. The van der Waals surface area contributed by atoms with E-state index in [1.54, 1.807) is 6.20 Å². The zero-order valence-electron chi connectivity index (χ0n) is 14.3. The lowest BCUT2D eigenvalue weighted by molar-refractivity contribution is -0.135. The third kappa shape index (κ3) is 2.74. The van der Waals surface area contributed by atoms with Crippen LogP contribution in [0.3, 0.4) is 0 Å². The van der Waals surface area contributed by atoms with Crippen LogP contribution < -0.4 is 0 Å². The Morgan fingerprint density at radius 2 is 1.92 bits per heavy atom. The van der Waals surface area contributed by atoms with E-state index < -0.39 is 0 Å². The van der Waals surface area contributed by atoms with Gasteiger partial charge in [-0.05, 0) is 32.1 Å². The van der Waals surface area contributed by atoms with Crippen molar-refractivity contribution < 1.29 is 4.79 Å². The first kappa shape index (κ1) is 15.4. The Hall–Kier alpha value is -2.11. The maximum absolute atomic E-state index is 13.1. The summed E-state index contributed by atoms with van der Waals surface area (Å²) in [6.07, 6.45) is 13.5. The standard InChI is InChI=1S/C18H25N5O/c1-14-19-7-12-22(14)13-16(24)23-10-4-9-21-11-8-20-18(21)17(23)15-5-2-3-6-15/h7-8,11-12,15,17H,2-6,9-10,13H2,1H3. The molecule has 24 heavy (non-hydrogen) atoms. The Labute approximate surface area is 142 Å². The number of hydrogen-bond donors (Lipinski definition) is 0. The molecule has 1 atom stereocenters. The lowest BCUT2D eigenvalue weighted by Crippen LogP contribution is -2.40. The van der Waals surface area contributed by atoms with Crippen LogP contribution in [-0.2, 0) is 17.9 Å². The second-order valence-electron chi connectivity index (χ2n) is 7.01. The number of amides is 1. The third-order valence-electron chi connectivity index (χ3n) is 5.54. The predicted molar refractivity (Wildman–Crippen MR) is 90.2 cm³/mol. The van der Waals surface area contributed by atoms with Crippen molar-refractivity contribution in [1.29, 1.82) is 0 Å². The average Bonchev–Trinajstić information content (AvgIpc) is 3.30. The van der Waals surface area contributed by atoms with E-state index >= 15 is 0 Å². The van der Waals surface area contributed by atoms with Crippen molar-refractivity contribution in [2.75, 3.05) is 6.54 Å². The van der Waals surface area contributed by atoms with Crippen LogP contribution in [0, 0.1) is 12.8 Å². The summed E-state index contributed by atoms with van der Waals surface area (Å²) in [5.41, 5.74) is 0. The number of aryl methyl sites for hydroxylation is 2. The minimum atomic E-state index is 0.126. The van der Waals surface area contributed by atoms with Crippen molar-refractivity contribution in [3.05, 3.63) is 36.4 Å². The van der Waals surface area contributed by atoms with Crippen LogP contribution in [0.5, 0.6) is 0 Å². The van der Waals surface area contributed by atoms with Gasteiger partial charge in [-0.1, -0.05) is 12.8 Å². The van der Waals surface area contributed by atoms with Gasteiger partial charge in [0.15, 0.2) is 0 Å². The van der Waals surface area contributed by atoms with Gasteiger partial charge in [-0.25, -0.2) is 9.97 Å². The highest BCUT2D eigenvalue weighted by atomic mass is 16.2. The largest absolute Gasteiger partial charge is 0.333 e. The summed E-state index contributed by atoms with van der Waals surface area (Å²) in [7, 11) is 0. The molecule has 0 saturated heterocycles. The maximum atomic E-state index is 13.1. The van der Waals surface area contributed by atoms with E-state index in [4.69, 9.17) is 0 Å². The molecule has 2 aliphatic rings. The minimum absolute atomic E-state index is 0.126. The number of fused-ring (bicyclic) bond motifs is 1. The summed E-state index contributed by atoms with van der Waals surface area (Å²) in [5, 5.41) is 0. The summed E-state index contributed by atoms with van der Waals surface area (Å²) in [6, 6.07) is 0.126. The Kier molecular flexibility index (Phi) is 4.12. The number of imidazole rings is 2. The number of carbonyl (C=O) groups is 1. The van der Waals surface area contributed by atoms with Crippen LogP contribution in [0.25, 0.3) is 0 Å². The summed E-state index contributed by atoms with van der Waals surface area (Å²) < 4.78 is 4.18. The lowest BCUT2D eigenvalue weighted by Gasteiger charge is -2.34. The van der Waals surface area contributed by atoms with Crippen LogP contribution in [-0.4, -0.2) is 36.5 Å². The predicted octanol–water partition coefficient (Wildman–Crippen LogP) is 2.55. The lowest BCUT2D eigenvalue weighted by atomic mass is 9.95. The minimum Gasteiger partial charge on any atom is -0.333 e. The SMILES string of the molecule is Cc1nccn1CC(=O)N1CCCn2ccnc2C1C1CCCC1. The van der Waals surface area contributed by atoms with Gasteiger partial charge in [-0.15, -0.1) is 0 Å². The van der Waals surface area contributed by atoms with Crippen molar-refractivity contribution in [2.45, 2.75) is 58.2 Å². The Bertz CT molecular complexity index is 713. The van der Waals surface area contributed by atoms with Gasteiger partial charge in [-0.2, -0.15) is 0 Å². The molecule has 4 rings (SSSR count). The van der Waals surface area contributed by atoms with Gasteiger partial charge >= 0.3 is 0 Å². The van der Waals surface area contributed by atoms with Crippen molar-refractivity contribution in [2.24, 2.45) is 5.92 Å². The third-order valence-corrected chi connectivity index (χ3v) is 5.54. The molecule has 1 amide bonds. The van der Waals surface area contributed by atoms with E-state index in [9.17, 15) is 4.79 Å². The second kappa shape index (κ2) is 6.42. The molecule has 0 radical (unpaired) electrons. The molecule has 1 fully saturated rings. The fourth-order valence-corrected chi connectivity index (χ4v) is 4.29. The molecule has 1 unspecified atom stereocenters. The summed E-state index contributed by atoms with van der Waals surface area (Å²) in [5.74, 6) is 2.69. The van der Waals surface area contributed by atoms with Crippen LogP contribution in [0.1, 0.15) is 49.8 Å². The van der Waals surface area contributed by atoms with Gasteiger partial charge in [0.1, 0.15) is 18.2 Å². The number of nitrogens with zero attached hydrogens (tertiary/aromatic N) is 5. The molecule has 6 heteroatoms. The highest BCUT2D eigenvalue weighted by Gasteiger charge is 2.37. The van der Waals surface area contributed by atoms with Crippen molar-refractivity contribution in [3.63, 3.8) is 0 Å². The van der Waals surface area contributed by atoms with E-state index in [1.165, 1.54) is 25.7 Å². The number of rotatable bonds is 3. The van der Waals surface area contributed by atoms with Gasteiger partial charge in [0.25, 0.3) is 0 Å². The Morgan fingerprint density at radius 1 is 1.12 bits per heavy atom. The molecule has 3 heterocycles. The topological polar surface area (TPSA) is 56.0 Å². The second-order valence-corrected chi connectivity index (χ2v) is 7.01. The van der Waals surface area contributed by atoms with Crippen molar-refractivity contribution in [3.8, 4) is 0 Å². The van der Waals surface area contributed by atoms with E-state index in [0.717, 1.165) is 31.2 Å². The van der Waals surface area contributed by atoms with Crippen LogP contribution >= 0.6 is 0 Å². The van der Waals surface area contributed by atoms with E-state index in [0.29, 0.717) is 12.5 Å². The first-order valence-corrected chi connectivity index (χ1v) is 9.02. The molecular weight excluding hydrogens is 302 g/mol. The van der Waals surface area contributed by atoms with E-state index in [1.807, 2.05) is 23.9 Å². The number of carbonyl (C=O) groups excluding carboxylic acids is 1. The smallest absolute Gasteiger partial charge is 0.243 e. The fraction of sp³-hybridized carbons (Fsp3) is 0.611. The molecule has 0 bridgehead atoms. The zero-order chi connectivity index (χ0) is 16.5. The molecule has 2 aromatic heterocycles. The van der Waals surface area contributed by atoms with Gasteiger partial charge in [0.2, 0.25) is 5.91 Å². The quantitative estimate of drug-likeness (QED) is 0.870. The summed E-state index contributed by atoms with van der Waals surface area (Å²) in [6.45, 7) is 4.08.